The molecule has 2 aromatic carbocycles. The second-order valence-electron chi connectivity index (χ2n) is 12.7. The first kappa shape index (κ1) is 30.6. The molecule has 0 bridgehead atoms. The number of carbonyl (C=O) groups excluding carboxylic acids is 2. The van der Waals surface area contributed by atoms with Crippen molar-refractivity contribution in [3.63, 3.8) is 0 Å². The van der Waals surface area contributed by atoms with Gasteiger partial charge < -0.3 is 10.2 Å². The maximum atomic E-state index is 17.7. The van der Waals surface area contributed by atoms with Crippen LogP contribution in [0.25, 0.3) is 0 Å². The van der Waals surface area contributed by atoms with Crippen LogP contribution in [0.5, 0.6) is 0 Å². The van der Waals surface area contributed by atoms with Crippen LogP contribution in [0.1, 0.15) is 61.9 Å². The predicted octanol–water partition coefficient (Wildman–Crippen LogP) is 7.60. The Hall–Kier alpha value is -2.39. The smallest absolute Gasteiger partial charge is 0.335 e. The fraction of sp³-hybridized carbons (Fsp3) is 0.441. The number of carboxylic acid groups (broad SMARTS) is 1. The molecule has 5 nitrogen and oxygen atoms in total. The molecular formula is C34H34ClFO5S2. The van der Waals surface area contributed by atoms with Gasteiger partial charge in [0.05, 0.1) is 22.3 Å². The fourth-order valence-corrected chi connectivity index (χ4v) is 11.0. The molecule has 9 heteroatoms. The van der Waals surface area contributed by atoms with Crippen LogP contribution < -0.4 is 0 Å². The maximum Gasteiger partial charge on any atom is 0.335 e. The van der Waals surface area contributed by atoms with Crippen molar-refractivity contribution >= 4 is 52.0 Å². The van der Waals surface area contributed by atoms with Gasteiger partial charge in [-0.05, 0) is 98.4 Å². The van der Waals surface area contributed by atoms with E-state index in [1.54, 1.807) is 25.1 Å². The summed E-state index contributed by atoms with van der Waals surface area (Å²) in [5, 5.41) is 22.0. The van der Waals surface area contributed by atoms with Gasteiger partial charge in [0.25, 0.3) is 0 Å². The number of benzene rings is 2. The van der Waals surface area contributed by atoms with Crippen molar-refractivity contribution in [2.45, 2.75) is 72.9 Å². The Morgan fingerprint density at radius 1 is 1.07 bits per heavy atom. The van der Waals surface area contributed by atoms with Gasteiger partial charge in [-0.3, -0.25) is 9.59 Å². The summed E-state index contributed by atoms with van der Waals surface area (Å²) in [4.78, 5) is 41.0. The minimum absolute atomic E-state index is 0.00767. The number of thioether (sulfide) groups is 1. The molecule has 0 saturated heterocycles. The molecule has 0 radical (unpaired) electrons. The average molecular weight is 641 g/mol. The van der Waals surface area contributed by atoms with Crippen LogP contribution in [-0.2, 0) is 15.0 Å². The highest BCUT2D eigenvalue weighted by Crippen LogP contribution is 2.72. The van der Waals surface area contributed by atoms with Gasteiger partial charge in [-0.15, -0.1) is 11.6 Å². The van der Waals surface area contributed by atoms with Crippen LogP contribution in [-0.4, -0.2) is 44.1 Å². The van der Waals surface area contributed by atoms with Crippen LogP contribution in [0, 0.1) is 22.7 Å². The molecular weight excluding hydrogens is 607 g/mol. The van der Waals surface area contributed by atoms with Gasteiger partial charge in [-0.2, -0.15) is 0 Å². The summed E-state index contributed by atoms with van der Waals surface area (Å²) >= 11 is 8.55. The third-order valence-corrected chi connectivity index (χ3v) is 13.1. The SMILES string of the molecule is C[C@]12C=CC(=O)C=C1CC[C@H]1[C@@H]3CC[C@](C(=O)SCCl)(c4cc(Sc5ccccc5)ccc4C(=O)O)[C@@]3(C)C[C@H](O)[C@@]12F. The Balaban J connectivity index is 1.51. The van der Waals surface area contributed by atoms with Crippen molar-refractivity contribution in [1.82, 2.24) is 0 Å². The largest absolute Gasteiger partial charge is 0.478 e. The van der Waals surface area contributed by atoms with Crippen LogP contribution in [0.4, 0.5) is 4.39 Å². The molecule has 2 aromatic rings. The lowest BCUT2D eigenvalue weighted by atomic mass is 9.43. The van der Waals surface area contributed by atoms with Crippen molar-refractivity contribution in [2.75, 3.05) is 5.21 Å². The second kappa shape index (κ2) is 10.9. The number of carboxylic acids is 1. The first-order valence-corrected chi connectivity index (χ1v) is 16.9. The molecule has 0 aliphatic heterocycles. The number of aromatic carboxylic acids is 1. The summed E-state index contributed by atoms with van der Waals surface area (Å²) in [6.45, 7) is 3.71. The molecule has 2 N–H and O–H groups in total. The Kier molecular flexibility index (Phi) is 7.76. The van der Waals surface area contributed by atoms with Gasteiger partial charge in [0, 0.05) is 21.1 Å². The molecule has 6 rings (SSSR count). The molecule has 3 saturated carbocycles. The zero-order valence-electron chi connectivity index (χ0n) is 24.0. The highest BCUT2D eigenvalue weighted by molar-refractivity contribution is 8.14. The molecule has 0 heterocycles. The number of allylic oxidation sites excluding steroid dienone is 4. The van der Waals surface area contributed by atoms with Crippen LogP contribution in [0.15, 0.2) is 82.1 Å². The monoisotopic (exact) mass is 640 g/mol. The first-order chi connectivity index (χ1) is 20.4. The lowest BCUT2D eigenvalue weighted by Crippen LogP contribution is -2.68. The van der Waals surface area contributed by atoms with E-state index >= 15 is 4.39 Å². The minimum Gasteiger partial charge on any atom is -0.478 e. The summed E-state index contributed by atoms with van der Waals surface area (Å²) in [5.41, 5.74) is -4.33. The quantitative estimate of drug-likeness (QED) is 0.314. The number of fused-ring (bicyclic) bond motifs is 5. The molecule has 0 aromatic heterocycles. The third kappa shape index (κ3) is 4.34. The summed E-state index contributed by atoms with van der Waals surface area (Å²) in [5.74, 6) is -2.22. The van der Waals surface area contributed by atoms with E-state index < -0.39 is 39.9 Å². The highest BCUT2D eigenvalue weighted by atomic mass is 35.5. The van der Waals surface area contributed by atoms with E-state index in [0.717, 1.165) is 21.6 Å². The average Bonchev–Trinajstić information content (AvgIpc) is 3.27. The van der Waals surface area contributed by atoms with E-state index in [2.05, 4.69) is 0 Å². The number of hydrogen-bond acceptors (Lipinski definition) is 6. The number of alkyl halides is 2. The van der Waals surface area contributed by atoms with Crippen LogP contribution in [0.3, 0.4) is 0 Å². The number of aliphatic hydroxyl groups excluding tert-OH is 1. The minimum atomic E-state index is -2.04. The van der Waals surface area contributed by atoms with Crippen molar-refractivity contribution in [3.8, 4) is 0 Å². The van der Waals surface area contributed by atoms with E-state index in [1.807, 2.05) is 43.3 Å². The number of rotatable bonds is 6. The summed E-state index contributed by atoms with van der Waals surface area (Å²) in [6.07, 6.45) is 4.82. The number of halogens is 2. The van der Waals surface area contributed by atoms with Crippen LogP contribution >= 0.6 is 35.1 Å². The number of aliphatic hydroxyl groups is 1. The molecule has 4 aliphatic carbocycles. The molecule has 4 aliphatic rings. The molecule has 43 heavy (non-hydrogen) atoms. The van der Waals surface area contributed by atoms with E-state index in [0.29, 0.717) is 36.8 Å². The van der Waals surface area contributed by atoms with E-state index in [-0.39, 0.29) is 34.0 Å². The number of carbonyl (C=O) groups is 3. The topological polar surface area (TPSA) is 91.7 Å². The first-order valence-electron chi connectivity index (χ1n) is 14.6. The highest BCUT2D eigenvalue weighted by Gasteiger charge is 2.74. The third-order valence-electron chi connectivity index (χ3n) is 11.0. The summed E-state index contributed by atoms with van der Waals surface area (Å²) in [7, 11) is 0. The number of ketones is 1. The van der Waals surface area contributed by atoms with Crippen molar-refractivity contribution in [3.05, 3.63) is 83.5 Å². The fourth-order valence-electron chi connectivity index (χ4n) is 9.05. The Labute approximate surface area is 264 Å². The van der Waals surface area contributed by atoms with Crippen molar-refractivity contribution in [2.24, 2.45) is 22.7 Å². The normalized spacial score (nSPS) is 36.3. The Bertz CT molecular complexity index is 1560. The van der Waals surface area contributed by atoms with Crippen molar-refractivity contribution in [1.29, 1.82) is 0 Å². The van der Waals surface area contributed by atoms with Gasteiger partial charge in [0.15, 0.2) is 11.5 Å². The summed E-state index contributed by atoms with van der Waals surface area (Å²) in [6, 6.07) is 14.8. The Morgan fingerprint density at radius 2 is 1.81 bits per heavy atom. The Morgan fingerprint density at radius 3 is 2.51 bits per heavy atom. The van der Waals surface area contributed by atoms with Crippen LogP contribution in [0.2, 0.25) is 0 Å². The van der Waals surface area contributed by atoms with E-state index in [1.165, 1.54) is 23.9 Å². The van der Waals surface area contributed by atoms with E-state index in [4.69, 9.17) is 11.6 Å². The van der Waals surface area contributed by atoms with Crippen molar-refractivity contribution < 1.29 is 29.0 Å². The van der Waals surface area contributed by atoms with Gasteiger partial charge >= 0.3 is 5.97 Å². The molecule has 0 unspecified atom stereocenters. The standard InChI is InChI=1S/C34H34ClFO5S2/c1-31-14-12-21(37)16-20(31)8-11-26-25-13-15-33(30(41)42-19-35,32(25,2)18-28(38)34(26,31)36)27-17-23(9-10-24(27)29(39)40)43-22-6-4-3-5-7-22/h3-7,9-10,12,14,16-17,25-26,28,38H,8,11,13,15,18-19H2,1-2H3,(H,39,40)/t25-,26-,28-,31-,32-,33+,34-/m0/s1. The lowest BCUT2D eigenvalue weighted by Gasteiger charge is -2.63. The maximum absolute atomic E-state index is 17.7. The lowest BCUT2D eigenvalue weighted by molar-refractivity contribution is -0.197. The molecule has 0 amide bonds. The van der Waals surface area contributed by atoms with Gasteiger partial charge in [0.1, 0.15) is 0 Å². The summed E-state index contributed by atoms with van der Waals surface area (Å²) < 4.78 is 17.7. The number of hydrogen-bond donors (Lipinski definition) is 2. The van der Waals surface area contributed by atoms with Gasteiger partial charge in [-0.25, -0.2) is 9.18 Å². The molecule has 0 spiro atoms. The second-order valence-corrected chi connectivity index (χ2v) is 15.4. The molecule has 7 atom stereocenters. The van der Waals surface area contributed by atoms with E-state index in [9.17, 15) is 24.6 Å². The molecule has 226 valence electrons. The zero-order chi connectivity index (χ0) is 30.8. The molecule has 3 fully saturated rings. The predicted molar refractivity (Wildman–Crippen MR) is 167 cm³/mol. The van der Waals surface area contributed by atoms with Gasteiger partial charge in [-0.1, -0.05) is 60.3 Å². The zero-order valence-corrected chi connectivity index (χ0v) is 26.4. The van der Waals surface area contributed by atoms with Gasteiger partial charge in [0.2, 0.25) is 5.12 Å².